The standard InChI is InChI=1S/C25H26N8OS/c1-14(2)29-21-8-22(23-4-3-19-5-15(9-26)10-28-33(19)23)27-11-20(21)25-32-31-24(35-25)16-6-17(7-16)30-18-12-34-13-18/h3-5,8,10-11,14,16-18,30H,6-7,12-13H2,1-2H3,(H,27,29)/t16-,17-. The van der Waals surface area contributed by atoms with E-state index in [-0.39, 0.29) is 6.04 Å². The Balaban J connectivity index is 1.26. The maximum absolute atomic E-state index is 9.16. The number of nitrogens with zero attached hydrogens (tertiary/aromatic N) is 6. The first kappa shape index (κ1) is 22.1. The quantitative estimate of drug-likeness (QED) is 0.405. The van der Waals surface area contributed by atoms with Crippen molar-refractivity contribution in [1.29, 1.82) is 5.26 Å². The lowest BCUT2D eigenvalue weighted by molar-refractivity contribution is -0.0157. The molecule has 4 aromatic rings. The molecule has 2 N–H and O–H groups in total. The summed E-state index contributed by atoms with van der Waals surface area (Å²) in [6.07, 6.45) is 5.64. The third-order valence-corrected chi connectivity index (χ3v) is 7.63. The maximum Gasteiger partial charge on any atom is 0.151 e. The van der Waals surface area contributed by atoms with Gasteiger partial charge in [-0.1, -0.05) is 11.3 Å². The zero-order valence-corrected chi connectivity index (χ0v) is 20.4. The first-order chi connectivity index (χ1) is 17.1. The Morgan fingerprint density at radius 1 is 1.14 bits per heavy atom. The highest BCUT2D eigenvalue weighted by atomic mass is 32.1. The molecule has 35 heavy (non-hydrogen) atoms. The number of hydrogen-bond acceptors (Lipinski definition) is 9. The largest absolute Gasteiger partial charge is 0.382 e. The molecule has 1 aliphatic heterocycles. The minimum Gasteiger partial charge on any atom is -0.382 e. The molecule has 9 nitrogen and oxygen atoms in total. The molecular weight excluding hydrogens is 460 g/mol. The van der Waals surface area contributed by atoms with Crippen LogP contribution in [0.5, 0.6) is 0 Å². The van der Waals surface area contributed by atoms with Gasteiger partial charge in [0, 0.05) is 29.9 Å². The lowest BCUT2D eigenvalue weighted by Gasteiger charge is -2.39. The molecule has 4 aromatic heterocycles. The molecule has 6 rings (SSSR count). The molecule has 2 aliphatic rings. The average molecular weight is 487 g/mol. The Morgan fingerprint density at radius 3 is 2.74 bits per heavy atom. The second-order valence-corrected chi connectivity index (χ2v) is 10.5. The molecule has 2 fully saturated rings. The summed E-state index contributed by atoms with van der Waals surface area (Å²) in [6.45, 7) is 5.88. The van der Waals surface area contributed by atoms with Gasteiger partial charge in [-0.2, -0.15) is 10.4 Å². The average Bonchev–Trinajstić information content (AvgIpc) is 3.43. The fourth-order valence-electron chi connectivity index (χ4n) is 4.58. The van der Waals surface area contributed by atoms with Gasteiger partial charge in [-0.05, 0) is 51.0 Å². The summed E-state index contributed by atoms with van der Waals surface area (Å²) < 4.78 is 7.07. The number of nitriles is 1. The Labute approximate surface area is 207 Å². The van der Waals surface area contributed by atoms with Gasteiger partial charge in [-0.15, -0.1) is 10.2 Å². The zero-order valence-electron chi connectivity index (χ0n) is 19.6. The highest BCUT2D eigenvalue weighted by molar-refractivity contribution is 7.14. The van der Waals surface area contributed by atoms with Crippen molar-refractivity contribution in [3.05, 3.63) is 47.2 Å². The number of aromatic nitrogens is 5. The van der Waals surface area contributed by atoms with E-state index in [1.54, 1.807) is 17.5 Å². The molecule has 1 saturated carbocycles. The van der Waals surface area contributed by atoms with Gasteiger partial charge in [0.2, 0.25) is 0 Å². The van der Waals surface area contributed by atoms with Crippen molar-refractivity contribution in [3.8, 4) is 28.0 Å². The lowest BCUT2D eigenvalue weighted by atomic mass is 9.80. The van der Waals surface area contributed by atoms with Crippen molar-refractivity contribution >= 4 is 22.5 Å². The summed E-state index contributed by atoms with van der Waals surface area (Å²) in [5.41, 5.74) is 4.97. The van der Waals surface area contributed by atoms with Crippen LogP contribution in [0.1, 0.15) is 43.2 Å². The molecule has 10 heteroatoms. The van der Waals surface area contributed by atoms with E-state index in [2.05, 4.69) is 45.8 Å². The molecule has 0 atom stereocenters. The molecular formula is C25H26N8OS. The number of rotatable bonds is 7. The Hall–Kier alpha value is -3.39. The third kappa shape index (κ3) is 4.27. The van der Waals surface area contributed by atoms with E-state index in [1.165, 1.54) is 0 Å². The first-order valence-electron chi connectivity index (χ1n) is 11.9. The van der Waals surface area contributed by atoms with Crippen molar-refractivity contribution < 1.29 is 4.74 Å². The van der Waals surface area contributed by atoms with Crippen molar-refractivity contribution in [2.75, 3.05) is 18.5 Å². The van der Waals surface area contributed by atoms with Gasteiger partial charge in [-0.25, -0.2) is 4.52 Å². The van der Waals surface area contributed by atoms with Crippen molar-refractivity contribution in [2.24, 2.45) is 0 Å². The van der Waals surface area contributed by atoms with Gasteiger partial charge in [0.25, 0.3) is 0 Å². The molecule has 0 spiro atoms. The fraction of sp³-hybridized carbons (Fsp3) is 0.400. The van der Waals surface area contributed by atoms with Crippen LogP contribution in [-0.4, -0.2) is 56.1 Å². The van der Waals surface area contributed by atoms with Gasteiger partial charge in [-0.3, -0.25) is 4.98 Å². The van der Waals surface area contributed by atoms with E-state index in [1.807, 2.05) is 35.0 Å². The zero-order chi connectivity index (χ0) is 23.9. The molecule has 0 radical (unpaired) electrons. The molecule has 0 amide bonds. The van der Waals surface area contributed by atoms with Crippen molar-refractivity contribution in [2.45, 2.75) is 50.7 Å². The van der Waals surface area contributed by atoms with Gasteiger partial charge >= 0.3 is 0 Å². The number of fused-ring (bicyclic) bond motifs is 1. The maximum atomic E-state index is 9.16. The van der Waals surface area contributed by atoms with Gasteiger partial charge < -0.3 is 15.4 Å². The van der Waals surface area contributed by atoms with E-state index >= 15 is 0 Å². The smallest absolute Gasteiger partial charge is 0.151 e. The van der Waals surface area contributed by atoms with Crippen LogP contribution in [0.2, 0.25) is 0 Å². The highest BCUT2D eigenvalue weighted by Gasteiger charge is 2.35. The van der Waals surface area contributed by atoms with Crippen molar-refractivity contribution in [3.63, 3.8) is 0 Å². The molecule has 0 unspecified atom stereocenters. The fourth-order valence-corrected chi connectivity index (χ4v) is 5.57. The summed E-state index contributed by atoms with van der Waals surface area (Å²) >= 11 is 1.66. The van der Waals surface area contributed by atoms with Crippen LogP contribution in [-0.2, 0) is 4.74 Å². The second kappa shape index (κ2) is 9.00. The van der Waals surface area contributed by atoms with E-state index in [4.69, 9.17) is 15.0 Å². The van der Waals surface area contributed by atoms with Crippen LogP contribution in [0.4, 0.5) is 5.69 Å². The molecule has 0 aromatic carbocycles. The predicted molar refractivity (Wildman–Crippen MR) is 134 cm³/mol. The molecule has 5 heterocycles. The van der Waals surface area contributed by atoms with Crippen LogP contribution in [0, 0.1) is 11.3 Å². The molecule has 1 saturated heterocycles. The molecule has 1 aliphatic carbocycles. The number of nitrogens with one attached hydrogen (secondary N) is 2. The minimum absolute atomic E-state index is 0.241. The summed E-state index contributed by atoms with van der Waals surface area (Å²) in [7, 11) is 0. The number of anilines is 1. The van der Waals surface area contributed by atoms with E-state index in [0.29, 0.717) is 23.6 Å². The number of hydrogen-bond donors (Lipinski definition) is 2. The van der Waals surface area contributed by atoms with Gasteiger partial charge in [0.1, 0.15) is 11.1 Å². The van der Waals surface area contributed by atoms with Crippen molar-refractivity contribution in [1.82, 2.24) is 30.1 Å². The summed E-state index contributed by atoms with van der Waals surface area (Å²) in [5, 5.41) is 31.8. The second-order valence-electron chi connectivity index (χ2n) is 9.54. The van der Waals surface area contributed by atoms with Gasteiger partial charge in [0.15, 0.2) is 5.01 Å². The van der Waals surface area contributed by atoms with E-state index in [0.717, 1.165) is 64.2 Å². The van der Waals surface area contributed by atoms with Gasteiger partial charge in [0.05, 0.1) is 53.5 Å². The highest BCUT2D eigenvalue weighted by Crippen LogP contribution is 2.41. The van der Waals surface area contributed by atoms with E-state index in [9.17, 15) is 0 Å². The third-order valence-electron chi connectivity index (χ3n) is 6.51. The monoisotopic (exact) mass is 486 g/mol. The Bertz CT molecular complexity index is 1410. The minimum atomic E-state index is 0.241. The molecule has 0 bridgehead atoms. The molecule has 178 valence electrons. The summed E-state index contributed by atoms with van der Waals surface area (Å²) in [5.74, 6) is 0.463. The number of ether oxygens (including phenoxy) is 1. The van der Waals surface area contributed by atoms with Crippen LogP contribution in [0.15, 0.2) is 36.7 Å². The summed E-state index contributed by atoms with van der Waals surface area (Å²) in [4.78, 5) is 4.76. The Morgan fingerprint density at radius 2 is 2.00 bits per heavy atom. The van der Waals surface area contributed by atoms with Crippen LogP contribution in [0.25, 0.3) is 27.5 Å². The van der Waals surface area contributed by atoms with E-state index < -0.39 is 0 Å². The Kier molecular flexibility index (Phi) is 5.68. The normalized spacial score (nSPS) is 19.9. The van der Waals surface area contributed by atoms with Crippen LogP contribution >= 0.6 is 11.3 Å². The van der Waals surface area contributed by atoms with Crippen LogP contribution < -0.4 is 10.6 Å². The van der Waals surface area contributed by atoms with Crippen LogP contribution in [0.3, 0.4) is 0 Å². The lowest BCUT2D eigenvalue weighted by Crippen LogP contribution is -2.53. The summed E-state index contributed by atoms with van der Waals surface area (Å²) in [6, 6.07) is 11.2. The number of pyridine rings is 1. The SMILES string of the molecule is CC(C)Nc1cc(-c2ccc3cc(C#N)cnn23)ncc1-c1nnc([C@H]2C[C@H](NC3COC3)C2)s1. The topological polar surface area (TPSA) is 113 Å². The first-order valence-corrected chi connectivity index (χ1v) is 12.7. The predicted octanol–water partition coefficient (Wildman–Crippen LogP) is 3.84.